The summed E-state index contributed by atoms with van der Waals surface area (Å²) >= 11 is 0. The fourth-order valence-electron chi connectivity index (χ4n) is 3.12. The molecule has 6 heteroatoms. The Bertz CT molecular complexity index is 534. The number of carbonyl (C=O) groups is 2. The molecule has 2 aliphatic heterocycles. The summed E-state index contributed by atoms with van der Waals surface area (Å²) in [6, 6.07) is 3.21. The molecule has 1 aromatic rings. The van der Waals surface area contributed by atoms with E-state index in [2.05, 4.69) is 10.2 Å². The third kappa shape index (κ3) is 2.81. The van der Waals surface area contributed by atoms with Crippen LogP contribution in [0.15, 0.2) is 18.3 Å². The number of carbonyl (C=O) groups excluding carboxylic acids is 2. The van der Waals surface area contributed by atoms with E-state index in [4.69, 9.17) is 0 Å². The molecule has 21 heavy (non-hydrogen) atoms. The van der Waals surface area contributed by atoms with E-state index in [1.54, 1.807) is 18.0 Å². The van der Waals surface area contributed by atoms with Crippen LogP contribution >= 0.6 is 0 Å². The van der Waals surface area contributed by atoms with Crippen molar-refractivity contribution in [3.05, 3.63) is 24.0 Å². The summed E-state index contributed by atoms with van der Waals surface area (Å²) < 4.78 is 1.85. The van der Waals surface area contributed by atoms with Gasteiger partial charge in [-0.2, -0.15) is 0 Å². The van der Waals surface area contributed by atoms with Crippen LogP contribution in [0.3, 0.4) is 0 Å². The normalized spacial score (nSPS) is 22.4. The molecule has 6 nitrogen and oxygen atoms in total. The molecule has 1 saturated heterocycles. The van der Waals surface area contributed by atoms with Crippen LogP contribution in [0.2, 0.25) is 0 Å². The monoisotopic (exact) mass is 290 g/mol. The van der Waals surface area contributed by atoms with E-state index < -0.39 is 6.04 Å². The van der Waals surface area contributed by atoms with Crippen molar-refractivity contribution in [2.75, 3.05) is 33.2 Å². The summed E-state index contributed by atoms with van der Waals surface area (Å²) in [6.45, 7) is 4.33. The number of hydrogen-bond acceptors (Lipinski definition) is 3. The first kappa shape index (κ1) is 14.1. The first-order chi connectivity index (χ1) is 10.2. The number of nitrogens with one attached hydrogen (secondary N) is 1. The molecule has 0 spiro atoms. The molecule has 1 aromatic heterocycles. The van der Waals surface area contributed by atoms with Gasteiger partial charge in [0.05, 0.1) is 6.54 Å². The summed E-state index contributed by atoms with van der Waals surface area (Å²) in [5, 5.41) is 2.97. The number of likely N-dealkylation sites (N-methyl/N-ethyl adjacent to an activating group) is 1. The van der Waals surface area contributed by atoms with Crippen LogP contribution in [0, 0.1) is 0 Å². The van der Waals surface area contributed by atoms with Gasteiger partial charge in [-0.1, -0.05) is 0 Å². The lowest BCUT2D eigenvalue weighted by molar-refractivity contribution is -0.126. The van der Waals surface area contributed by atoms with Crippen LogP contribution in [-0.2, 0) is 11.3 Å². The van der Waals surface area contributed by atoms with E-state index in [0.29, 0.717) is 18.8 Å². The highest BCUT2D eigenvalue weighted by Gasteiger charge is 2.33. The first-order valence-electron chi connectivity index (χ1n) is 7.59. The molecular weight excluding hydrogens is 268 g/mol. The van der Waals surface area contributed by atoms with E-state index in [1.807, 2.05) is 16.8 Å². The van der Waals surface area contributed by atoms with Gasteiger partial charge in [0.15, 0.2) is 0 Å². The fourth-order valence-corrected chi connectivity index (χ4v) is 3.12. The van der Waals surface area contributed by atoms with Gasteiger partial charge in [0.2, 0.25) is 5.91 Å². The maximum Gasteiger partial charge on any atom is 0.270 e. The van der Waals surface area contributed by atoms with Gasteiger partial charge in [-0.05, 0) is 38.1 Å². The molecule has 0 saturated carbocycles. The second-order valence-electron chi connectivity index (χ2n) is 5.82. The van der Waals surface area contributed by atoms with Gasteiger partial charge in [0, 0.05) is 26.3 Å². The maximum absolute atomic E-state index is 12.3. The third-order valence-corrected chi connectivity index (χ3v) is 4.43. The molecule has 3 heterocycles. The smallest absolute Gasteiger partial charge is 0.270 e. The van der Waals surface area contributed by atoms with Crippen molar-refractivity contribution in [2.45, 2.75) is 25.4 Å². The maximum atomic E-state index is 12.3. The lowest BCUT2D eigenvalue weighted by Crippen LogP contribution is -2.54. The van der Waals surface area contributed by atoms with Crippen LogP contribution in [-0.4, -0.2) is 65.4 Å². The van der Waals surface area contributed by atoms with Crippen molar-refractivity contribution >= 4 is 11.8 Å². The minimum atomic E-state index is -0.420. The van der Waals surface area contributed by atoms with E-state index in [0.717, 1.165) is 19.6 Å². The average Bonchev–Trinajstić information content (AvgIpc) is 3.13. The summed E-state index contributed by atoms with van der Waals surface area (Å²) in [6.07, 6.45) is 4.36. The Balaban J connectivity index is 1.56. The van der Waals surface area contributed by atoms with Gasteiger partial charge in [-0.3, -0.25) is 9.59 Å². The quantitative estimate of drug-likeness (QED) is 0.859. The van der Waals surface area contributed by atoms with E-state index in [-0.39, 0.29) is 11.8 Å². The molecule has 0 radical (unpaired) electrons. The van der Waals surface area contributed by atoms with Crippen LogP contribution in [0.5, 0.6) is 0 Å². The highest BCUT2D eigenvalue weighted by Crippen LogP contribution is 2.16. The number of likely N-dealkylation sites (tertiary alicyclic amines) is 1. The minimum absolute atomic E-state index is 0.0654. The van der Waals surface area contributed by atoms with Gasteiger partial charge < -0.3 is 19.7 Å². The fraction of sp³-hybridized carbons (Fsp3) is 0.600. The van der Waals surface area contributed by atoms with Crippen molar-refractivity contribution in [1.82, 2.24) is 19.7 Å². The van der Waals surface area contributed by atoms with E-state index in [9.17, 15) is 9.59 Å². The average molecular weight is 290 g/mol. The van der Waals surface area contributed by atoms with Crippen LogP contribution in [0.25, 0.3) is 0 Å². The molecule has 1 N–H and O–H groups in total. The SMILES string of the molecule is CN1C(=O)c2cccn2CC1C(=O)NCCN1CCCC1. The molecule has 0 bridgehead atoms. The topological polar surface area (TPSA) is 57.6 Å². The molecule has 114 valence electrons. The van der Waals surface area contributed by atoms with E-state index in [1.165, 1.54) is 12.8 Å². The number of rotatable bonds is 4. The summed E-state index contributed by atoms with van der Waals surface area (Å²) in [4.78, 5) is 28.4. The van der Waals surface area contributed by atoms with Gasteiger partial charge in [0.1, 0.15) is 11.7 Å². The Morgan fingerprint density at radius 3 is 2.90 bits per heavy atom. The van der Waals surface area contributed by atoms with Crippen molar-refractivity contribution in [3.8, 4) is 0 Å². The first-order valence-corrected chi connectivity index (χ1v) is 7.59. The molecular formula is C15H22N4O2. The zero-order chi connectivity index (χ0) is 14.8. The zero-order valence-electron chi connectivity index (χ0n) is 12.4. The second-order valence-corrected chi connectivity index (χ2v) is 5.82. The highest BCUT2D eigenvalue weighted by atomic mass is 16.2. The van der Waals surface area contributed by atoms with Gasteiger partial charge in [0.25, 0.3) is 5.91 Å². The molecule has 1 atom stereocenters. The molecule has 0 aromatic carbocycles. The van der Waals surface area contributed by atoms with Crippen molar-refractivity contribution in [3.63, 3.8) is 0 Å². The Morgan fingerprint density at radius 2 is 2.14 bits per heavy atom. The molecule has 2 aliphatic rings. The van der Waals surface area contributed by atoms with E-state index >= 15 is 0 Å². The minimum Gasteiger partial charge on any atom is -0.353 e. The second kappa shape index (κ2) is 5.89. The van der Waals surface area contributed by atoms with Crippen LogP contribution in [0.1, 0.15) is 23.3 Å². The Hall–Kier alpha value is -1.82. The Morgan fingerprint density at radius 1 is 1.38 bits per heavy atom. The number of nitrogens with zero attached hydrogens (tertiary/aromatic N) is 3. The lowest BCUT2D eigenvalue weighted by Gasteiger charge is -2.32. The number of aromatic nitrogens is 1. The van der Waals surface area contributed by atoms with Gasteiger partial charge in [-0.15, -0.1) is 0 Å². The Kier molecular flexibility index (Phi) is 3.96. The Labute approximate surface area is 124 Å². The van der Waals surface area contributed by atoms with Crippen molar-refractivity contribution < 1.29 is 9.59 Å². The van der Waals surface area contributed by atoms with Gasteiger partial charge in [-0.25, -0.2) is 0 Å². The lowest BCUT2D eigenvalue weighted by atomic mass is 10.1. The summed E-state index contributed by atoms with van der Waals surface area (Å²) in [5.74, 6) is -0.157. The highest BCUT2D eigenvalue weighted by molar-refractivity contribution is 5.97. The molecule has 3 rings (SSSR count). The molecule has 1 unspecified atom stereocenters. The predicted octanol–water partition coefficient (Wildman–Crippen LogP) is 0.154. The molecule has 1 fully saturated rings. The predicted molar refractivity (Wildman–Crippen MR) is 79.0 cm³/mol. The zero-order valence-corrected chi connectivity index (χ0v) is 12.4. The third-order valence-electron chi connectivity index (χ3n) is 4.43. The summed E-state index contributed by atoms with van der Waals surface area (Å²) in [7, 11) is 1.70. The number of fused-ring (bicyclic) bond motifs is 1. The van der Waals surface area contributed by atoms with Crippen molar-refractivity contribution in [1.29, 1.82) is 0 Å². The largest absolute Gasteiger partial charge is 0.353 e. The molecule has 2 amide bonds. The number of amides is 2. The standard InChI is InChI=1S/C15H22N4O2/c1-17-13(11-19-9-4-5-12(19)15(17)21)14(20)16-6-10-18-7-2-3-8-18/h4-5,9,13H,2-3,6-8,10-11H2,1H3,(H,16,20). The molecule has 0 aliphatic carbocycles. The van der Waals surface area contributed by atoms with Crippen LogP contribution < -0.4 is 5.32 Å². The van der Waals surface area contributed by atoms with Crippen molar-refractivity contribution in [2.24, 2.45) is 0 Å². The summed E-state index contributed by atoms with van der Waals surface area (Å²) in [5.41, 5.74) is 0.651. The number of hydrogen-bond donors (Lipinski definition) is 1. The van der Waals surface area contributed by atoms with Gasteiger partial charge >= 0.3 is 0 Å². The van der Waals surface area contributed by atoms with Crippen LogP contribution in [0.4, 0.5) is 0 Å².